The molecule has 31 heavy (non-hydrogen) atoms. The van der Waals surface area contributed by atoms with Gasteiger partial charge in [0, 0.05) is 18.2 Å². The van der Waals surface area contributed by atoms with E-state index in [1.807, 2.05) is 18.2 Å². The quantitative estimate of drug-likeness (QED) is 0.536. The molecule has 0 unspecified atom stereocenters. The molecule has 1 aromatic carbocycles. The molecule has 0 radical (unpaired) electrons. The van der Waals surface area contributed by atoms with Gasteiger partial charge >= 0.3 is 0 Å². The first-order valence-corrected chi connectivity index (χ1v) is 11.0. The fourth-order valence-electron chi connectivity index (χ4n) is 6.11. The predicted molar refractivity (Wildman–Crippen MR) is 112 cm³/mol. The molecule has 2 bridgehead atoms. The van der Waals surface area contributed by atoms with Gasteiger partial charge in [0.15, 0.2) is 0 Å². The lowest BCUT2D eigenvalue weighted by Crippen LogP contribution is -2.50. The van der Waals surface area contributed by atoms with Crippen LogP contribution in [0.15, 0.2) is 30.4 Å². The molecule has 2 aliphatic heterocycles. The summed E-state index contributed by atoms with van der Waals surface area (Å²) in [4.78, 5) is 42.9. The van der Waals surface area contributed by atoms with Crippen molar-refractivity contribution in [3.63, 3.8) is 0 Å². The molecule has 7 heteroatoms. The van der Waals surface area contributed by atoms with Gasteiger partial charge in [-0.3, -0.25) is 19.3 Å². The second-order valence-corrected chi connectivity index (χ2v) is 9.02. The molecule has 2 saturated heterocycles. The normalized spacial score (nSPS) is 32.0. The Bertz CT molecular complexity index is 943. The zero-order valence-corrected chi connectivity index (χ0v) is 18.1. The van der Waals surface area contributed by atoms with Gasteiger partial charge in [0.05, 0.1) is 32.1 Å². The van der Waals surface area contributed by atoms with Crippen molar-refractivity contribution in [2.45, 2.75) is 38.3 Å². The summed E-state index contributed by atoms with van der Waals surface area (Å²) in [5.74, 6) is 0.541. The van der Waals surface area contributed by atoms with Crippen LogP contribution in [0, 0.1) is 23.7 Å². The molecular formula is C24H28N2O5. The van der Waals surface area contributed by atoms with E-state index in [4.69, 9.17) is 9.47 Å². The second kappa shape index (κ2) is 7.39. The zero-order chi connectivity index (χ0) is 21.9. The summed E-state index contributed by atoms with van der Waals surface area (Å²) in [5.41, 5.74) is 0.916. The SMILES string of the molecule is COc1ccc([C@@H]2CCCN2C(=O)[C@H](C)N2C(=O)[C@H]3[C@H](C2=O)[C@H]2C=C[C@H]3C2)c(OC)c1. The molecule has 5 rings (SSSR count). The van der Waals surface area contributed by atoms with E-state index in [9.17, 15) is 14.4 Å². The van der Waals surface area contributed by atoms with Gasteiger partial charge in [-0.2, -0.15) is 0 Å². The van der Waals surface area contributed by atoms with Crippen LogP contribution in [0.3, 0.4) is 0 Å². The number of rotatable bonds is 5. The van der Waals surface area contributed by atoms with Gasteiger partial charge in [-0.15, -0.1) is 0 Å². The number of ether oxygens (including phenoxy) is 2. The summed E-state index contributed by atoms with van der Waals surface area (Å²) in [6.45, 7) is 2.29. The Morgan fingerprint density at radius 1 is 1.06 bits per heavy atom. The maximum Gasteiger partial charge on any atom is 0.246 e. The highest BCUT2D eigenvalue weighted by Crippen LogP contribution is 2.53. The smallest absolute Gasteiger partial charge is 0.246 e. The first-order chi connectivity index (χ1) is 15.0. The van der Waals surface area contributed by atoms with Crippen molar-refractivity contribution in [1.29, 1.82) is 0 Å². The van der Waals surface area contributed by atoms with Gasteiger partial charge in [0.1, 0.15) is 17.5 Å². The van der Waals surface area contributed by atoms with Gasteiger partial charge in [-0.25, -0.2) is 0 Å². The molecule has 0 spiro atoms. The number of carbonyl (C=O) groups excluding carboxylic acids is 3. The lowest BCUT2D eigenvalue weighted by atomic mass is 9.85. The summed E-state index contributed by atoms with van der Waals surface area (Å²) in [7, 11) is 3.20. The average Bonchev–Trinajstić information content (AvgIpc) is 3.56. The minimum atomic E-state index is -0.796. The highest BCUT2D eigenvalue weighted by Gasteiger charge is 2.60. The number of carbonyl (C=O) groups is 3. The van der Waals surface area contributed by atoms with E-state index in [0.29, 0.717) is 18.0 Å². The van der Waals surface area contributed by atoms with Crippen LogP contribution in [0.4, 0.5) is 0 Å². The molecule has 1 saturated carbocycles. The number of fused-ring (bicyclic) bond motifs is 5. The number of hydrogen-bond donors (Lipinski definition) is 0. The third kappa shape index (κ3) is 2.89. The molecule has 2 aliphatic carbocycles. The number of allylic oxidation sites excluding steroid dienone is 2. The van der Waals surface area contributed by atoms with E-state index in [-0.39, 0.29) is 47.4 Å². The number of methoxy groups -OCH3 is 2. The van der Waals surface area contributed by atoms with Gasteiger partial charge in [0.2, 0.25) is 17.7 Å². The number of amides is 3. The van der Waals surface area contributed by atoms with Crippen molar-refractivity contribution in [2.75, 3.05) is 20.8 Å². The van der Waals surface area contributed by atoms with Crippen LogP contribution in [0.5, 0.6) is 11.5 Å². The summed E-state index contributed by atoms with van der Waals surface area (Å²) < 4.78 is 10.8. The molecule has 6 atom stereocenters. The third-order valence-electron chi connectivity index (χ3n) is 7.58. The molecule has 164 valence electrons. The Hall–Kier alpha value is -2.83. The monoisotopic (exact) mass is 424 g/mol. The molecule has 2 heterocycles. The Morgan fingerprint density at radius 3 is 2.35 bits per heavy atom. The van der Waals surface area contributed by atoms with Gasteiger partial charge < -0.3 is 14.4 Å². The highest BCUT2D eigenvalue weighted by molar-refractivity contribution is 6.09. The number of hydrogen-bond acceptors (Lipinski definition) is 5. The van der Waals surface area contributed by atoms with E-state index < -0.39 is 6.04 Å². The Labute approximate surface area is 182 Å². The van der Waals surface area contributed by atoms with Crippen molar-refractivity contribution in [3.05, 3.63) is 35.9 Å². The molecule has 0 aromatic heterocycles. The topological polar surface area (TPSA) is 76.2 Å². The maximum absolute atomic E-state index is 13.5. The second-order valence-electron chi connectivity index (χ2n) is 9.02. The molecule has 1 aromatic rings. The van der Waals surface area contributed by atoms with Gasteiger partial charge in [-0.05, 0) is 50.2 Å². The first-order valence-electron chi connectivity index (χ1n) is 11.0. The van der Waals surface area contributed by atoms with Crippen molar-refractivity contribution < 1.29 is 23.9 Å². The largest absolute Gasteiger partial charge is 0.497 e. The van der Waals surface area contributed by atoms with Gasteiger partial charge in [-0.1, -0.05) is 12.2 Å². The predicted octanol–water partition coefficient (Wildman–Crippen LogP) is 2.56. The summed E-state index contributed by atoms with van der Waals surface area (Å²) in [6.07, 6.45) is 6.69. The number of nitrogens with zero attached hydrogens (tertiary/aromatic N) is 2. The molecular weight excluding hydrogens is 396 g/mol. The molecule has 4 aliphatic rings. The fourth-order valence-corrected chi connectivity index (χ4v) is 6.11. The van der Waals surface area contributed by atoms with Crippen molar-refractivity contribution in [3.8, 4) is 11.5 Å². The van der Waals surface area contributed by atoms with Crippen LogP contribution in [0.2, 0.25) is 0 Å². The summed E-state index contributed by atoms with van der Waals surface area (Å²) in [5, 5.41) is 0. The van der Waals surface area contributed by atoms with E-state index in [2.05, 4.69) is 12.2 Å². The van der Waals surface area contributed by atoms with E-state index in [1.165, 1.54) is 4.90 Å². The third-order valence-corrected chi connectivity index (χ3v) is 7.58. The lowest BCUT2D eigenvalue weighted by molar-refractivity contribution is -0.152. The number of benzene rings is 1. The van der Waals surface area contributed by atoms with Crippen LogP contribution < -0.4 is 9.47 Å². The van der Waals surface area contributed by atoms with Crippen molar-refractivity contribution in [1.82, 2.24) is 9.80 Å². The standard InChI is InChI=1S/C24H28N2O5/c1-13(26-23(28)20-14-6-7-15(11-14)21(20)24(26)29)22(27)25-10-4-5-18(25)17-9-8-16(30-2)12-19(17)31-3/h6-9,12-15,18,20-21H,4-5,10-11H2,1-3H3/t13-,14-,15-,18-,20+,21+/m0/s1. The van der Waals surface area contributed by atoms with Crippen molar-refractivity contribution >= 4 is 17.7 Å². The minimum absolute atomic E-state index is 0.141. The van der Waals surface area contributed by atoms with Crippen LogP contribution in [0.25, 0.3) is 0 Å². The van der Waals surface area contributed by atoms with E-state index in [0.717, 1.165) is 24.8 Å². The Morgan fingerprint density at radius 2 is 1.74 bits per heavy atom. The molecule has 3 amide bonds. The molecule has 7 nitrogen and oxygen atoms in total. The van der Waals surface area contributed by atoms with Crippen LogP contribution in [-0.4, -0.2) is 54.3 Å². The summed E-state index contributed by atoms with van der Waals surface area (Å²) >= 11 is 0. The minimum Gasteiger partial charge on any atom is -0.497 e. The van der Waals surface area contributed by atoms with Crippen LogP contribution >= 0.6 is 0 Å². The Kier molecular flexibility index (Phi) is 4.79. The summed E-state index contributed by atoms with van der Waals surface area (Å²) in [6, 6.07) is 4.66. The first kappa shape index (κ1) is 20.1. The highest BCUT2D eigenvalue weighted by atomic mass is 16.5. The molecule has 3 fully saturated rings. The van der Waals surface area contributed by atoms with Crippen molar-refractivity contribution in [2.24, 2.45) is 23.7 Å². The molecule has 0 N–H and O–H groups in total. The van der Waals surface area contributed by atoms with Crippen LogP contribution in [0.1, 0.15) is 37.8 Å². The number of likely N-dealkylation sites (tertiary alicyclic amines) is 2. The van der Waals surface area contributed by atoms with E-state index >= 15 is 0 Å². The lowest BCUT2D eigenvalue weighted by Gasteiger charge is -2.32. The maximum atomic E-state index is 13.5. The fraction of sp³-hybridized carbons (Fsp3) is 0.542. The van der Waals surface area contributed by atoms with Gasteiger partial charge in [0.25, 0.3) is 0 Å². The average molecular weight is 424 g/mol. The zero-order valence-electron chi connectivity index (χ0n) is 18.1. The van der Waals surface area contributed by atoms with E-state index in [1.54, 1.807) is 26.0 Å². The Balaban J connectivity index is 1.39. The van der Waals surface area contributed by atoms with Crippen LogP contribution in [-0.2, 0) is 14.4 Å². The number of imide groups is 1.